The van der Waals surface area contributed by atoms with Gasteiger partial charge in [-0.05, 0) is 120 Å². The number of benzene rings is 11. The third kappa shape index (κ3) is 5.57. The molecule has 0 aliphatic rings. The van der Waals surface area contributed by atoms with Gasteiger partial charge in [-0.2, -0.15) is 0 Å². The highest BCUT2D eigenvalue weighted by molar-refractivity contribution is 6.22. The van der Waals surface area contributed by atoms with Crippen molar-refractivity contribution in [1.82, 2.24) is 0 Å². The van der Waals surface area contributed by atoms with E-state index in [0.717, 1.165) is 44.4 Å². The molecular formula is C58H37NO. The third-order valence-electron chi connectivity index (χ3n) is 12.2. The molecule has 0 N–H and O–H groups in total. The van der Waals surface area contributed by atoms with Gasteiger partial charge in [-0.25, -0.2) is 0 Å². The number of nitrogens with zero attached hydrogens (tertiary/aromatic N) is 1. The lowest BCUT2D eigenvalue weighted by molar-refractivity contribution is 0.672. The van der Waals surface area contributed by atoms with Crippen molar-refractivity contribution in [1.29, 1.82) is 0 Å². The second-order valence-electron chi connectivity index (χ2n) is 15.6. The highest BCUT2D eigenvalue weighted by Gasteiger charge is 2.21. The SMILES string of the molecule is c1ccc(-c2c(-c3ccccc3)c3cc(N(c4ccc(-c5ccc6ccccc6c5)cc4)c4ccc5c(c4)oc4c6ccccc6ccc54)ccc3c3ccccc23)cc1. The normalized spacial score (nSPS) is 11.7. The van der Waals surface area contributed by atoms with Gasteiger partial charge in [0, 0.05) is 39.3 Å². The summed E-state index contributed by atoms with van der Waals surface area (Å²) in [5, 5.41) is 11.9. The van der Waals surface area contributed by atoms with Crippen LogP contribution in [-0.4, -0.2) is 0 Å². The predicted molar refractivity (Wildman–Crippen MR) is 255 cm³/mol. The lowest BCUT2D eigenvalue weighted by Crippen LogP contribution is -2.10. The van der Waals surface area contributed by atoms with Crippen LogP contribution in [0.5, 0.6) is 0 Å². The molecule has 12 aromatic rings. The zero-order valence-electron chi connectivity index (χ0n) is 32.7. The van der Waals surface area contributed by atoms with Crippen molar-refractivity contribution < 1.29 is 4.42 Å². The molecule has 280 valence electrons. The summed E-state index contributed by atoms with van der Waals surface area (Å²) in [4.78, 5) is 2.38. The summed E-state index contributed by atoms with van der Waals surface area (Å²) < 4.78 is 6.77. The molecule has 2 nitrogen and oxygen atoms in total. The number of rotatable bonds is 6. The standard InChI is InChI=1S/C58H37NO/c1-3-15-41(16-4-1)56-52-22-12-11-21-49(52)50-33-30-46(36-54(50)57(56)42-17-5-2-6-18-42)59(45-28-25-39(26-29-45)44-24-23-38-13-7-8-19-43(38)35-44)47-31-34-51-53-32-27-40-14-9-10-20-48(40)58(53)60-55(51)37-47/h1-37H. The third-order valence-corrected chi connectivity index (χ3v) is 12.2. The van der Waals surface area contributed by atoms with E-state index in [-0.39, 0.29) is 0 Å². The van der Waals surface area contributed by atoms with E-state index < -0.39 is 0 Å². The molecule has 60 heavy (non-hydrogen) atoms. The molecule has 0 saturated heterocycles. The molecule has 0 aliphatic carbocycles. The first-order chi connectivity index (χ1) is 29.7. The van der Waals surface area contributed by atoms with Gasteiger partial charge < -0.3 is 9.32 Å². The number of anilines is 3. The minimum atomic E-state index is 0.861. The summed E-state index contributed by atoms with van der Waals surface area (Å²) in [7, 11) is 0. The smallest absolute Gasteiger partial charge is 0.143 e. The predicted octanol–water partition coefficient (Wildman–Crippen LogP) is 16.7. The second kappa shape index (κ2) is 13.9. The van der Waals surface area contributed by atoms with Crippen molar-refractivity contribution in [3.8, 4) is 33.4 Å². The van der Waals surface area contributed by atoms with E-state index in [1.54, 1.807) is 0 Å². The molecule has 11 aromatic carbocycles. The number of hydrogen-bond donors (Lipinski definition) is 0. The Balaban J connectivity index is 1.10. The lowest BCUT2D eigenvalue weighted by Gasteiger charge is -2.27. The number of furan rings is 1. The van der Waals surface area contributed by atoms with E-state index in [4.69, 9.17) is 4.42 Å². The number of hydrogen-bond acceptors (Lipinski definition) is 2. The van der Waals surface area contributed by atoms with Crippen LogP contribution in [0.1, 0.15) is 0 Å². The molecule has 2 heteroatoms. The summed E-state index contributed by atoms with van der Waals surface area (Å²) in [6.07, 6.45) is 0. The quantitative estimate of drug-likeness (QED) is 0.157. The molecular weight excluding hydrogens is 727 g/mol. The van der Waals surface area contributed by atoms with Gasteiger partial charge in [0.15, 0.2) is 0 Å². The van der Waals surface area contributed by atoms with Crippen molar-refractivity contribution >= 4 is 82.1 Å². The van der Waals surface area contributed by atoms with Crippen molar-refractivity contribution in [2.75, 3.05) is 4.90 Å². The Morgan fingerprint density at radius 3 is 1.53 bits per heavy atom. The Morgan fingerprint density at radius 1 is 0.267 bits per heavy atom. The summed E-state index contributed by atoms with van der Waals surface area (Å²) >= 11 is 0. The van der Waals surface area contributed by atoms with Crippen LogP contribution in [0.15, 0.2) is 229 Å². The Morgan fingerprint density at radius 2 is 0.783 bits per heavy atom. The average molecular weight is 764 g/mol. The molecule has 0 bridgehead atoms. The molecule has 0 aliphatic heterocycles. The lowest BCUT2D eigenvalue weighted by atomic mass is 9.85. The van der Waals surface area contributed by atoms with Gasteiger partial charge in [-0.1, -0.05) is 170 Å². The number of fused-ring (bicyclic) bond motifs is 9. The fourth-order valence-corrected chi connectivity index (χ4v) is 9.38. The van der Waals surface area contributed by atoms with E-state index >= 15 is 0 Å². The highest BCUT2D eigenvalue weighted by Crippen LogP contribution is 2.47. The van der Waals surface area contributed by atoms with Crippen LogP contribution in [0.4, 0.5) is 17.1 Å². The van der Waals surface area contributed by atoms with Crippen LogP contribution >= 0.6 is 0 Å². The maximum atomic E-state index is 6.77. The maximum absolute atomic E-state index is 6.77. The molecule has 1 heterocycles. The van der Waals surface area contributed by atoms with Crippen LogP contribution in [0.2, 0.25) is 0 Å². The monoisotopic (exact) mass is 763 g/mol. The Hall–Kier alpha value is -7.94. The van der Waals surface area contributed by atoms with Gasteiger partial charge in [0.1, 0.15) is 11.2 Å². The largest absolute Gasteiger partial charge is 0.455 e. The van der Waals surface area contributed by atoms with Crippen molar-refractivity contribution in [2.45, 2.75) is 0 Å². The van der Waals surface area contributed by atoms with E-state index in [0.29, 0.717) is 0 Å². The molecule has 0 unspecified atom stereocenters. The minimum Gasteiger partial charge on any atom is -0.455 e. The topological polar surface area (TPSA) is 16.4 Å². The van der Waals surface area contributed by atoms with Gasteiger partial charge in [0.2, 0.25) is 0 Å². The van der Waals surface area contributed by atoms with E-state index in [1.807, 2.05) is 0 Å². The van der Waals surface area contributed by atoms with Gasteiger partial charge in [-0.3, -0.25) is 0 Å². The minimum absolute atomic E-state index is 0.861. The zero-order chi connectivity index (χ0) is 39.6. The van der Waals surface area contributed by atoms with Crippen LogP contribution in [0, 0.1) is 0 Å². The molecule has 0 radical (unpaired) electrons. The Bertz CT molecular complexity index is 3590. The summed E-state index contributed by atoms with van der Waals surface area (Å²) in [6, 6.07) is 81.3. The van der Waals surface area contributed by atoms with Crippen molar-refractivity contribution in [2.24, 2.45) is 0 Å². The molecule has 12 rings (SSSR count). The van der Waals surface area contributed by atoms with E-state index in [2.05, 4.69) is 229 Å². The summed E-state index contributed by atoms with van der Waals surface area (Å²) in [5.41, 5.74) is 12.1. The molecule has 0 saturated carbocycles. The zero-order valence-corrected chi connectivity index (χ0v) is 32.7. The van der Waals surface area contributed by atoms with Crippen LogP contribution in [0.3, 0.4) is 0 Å². The van der Waals surface area contributed by atoms with Crippen molar-refractivity contribution in [3.05, 3.63) is 224 Å². The summed E-state index contributed by atoms with van der Waals surface area (Å²) in [6.45, 7) is 0. The molecule has 1 aromatic heterocycles. The van der Waals surface area contributed by atoms with E-state index in [1.165, 1.54) is 71.1 Å². The summed E-state index contributed by atoms with van der Waals surface area (Å²) in [5.74, 6) is 0. The van der Waals surface area contributed by atoms with Crippen LogP contribution in [-0.2, 0) is 0 Å². The first-order valence-electron chi connectivity index (χ1n) is 20.6. The first-order valence-corrected chi connectivity index (χ1v) is 20.6. The first kappa shape index (κ1) is 34.1. The fraction of sp³-hybridized carbons (Fsp3) is 0. The molecule has 0 amide bonds. The fourth-order valence-electron chi connectivity index (χ4n) is 9.38. The van der Waals surface area contributed by atoms with E-state index in [9.17, 15) is 0 Å². The highest BCUT2D eigenvalue weighted by atomic mass is 16.3. The van der Waals surface area contributed by atoms with Crippen molar-refractivity contribution in [3.63, 3.8) is 0 Å². The van der Waals surface area contributed by atoms with Crippen LogP contribution in [0.25, 0.3) is 98.4 Å². The average Bonchev–Trinajstić information content (AvgIpc) is 3.70. The molecule has 0 atom stereocenters. The van der Waals surface area contributed by atoms with Gasteiger partial charge >= 0.3 is 0 Å². The van der Waals surface area contributed by atoms with Gasteiger partial charge in [0.25, 0.3) is 0 Å². The molecule has 0 spiro atoms. The Kier molecular flexibility index (Phi) is 7.89. The van der Waals surface area contributed by atoms with Crippen LogP contribution < -0.4 is 4.90 Å². The molecule has 0 fully saturated rings. The van der Waals surface area contributed by atoms with Gasteiger partial charge in [0.05, 0.1) is 0 Å². The maximum Gasteiger partial charge on any atom is 0.143 e. The van der Waals surface area contributed by atoms with Gasteiger partial charge in [-0.15, -0.1) is 0 Å². The second-order valence-corrected chi connectivity index (χ2v) is 15.6. The Labute approximate surface area is 347 Å².